The van der Waals surface area contributed by atoms with Crippen LogP contribution in [0.1, 0.15) is 0 Å². The van der Waals surface area contributed by atoms with Gasteiger partial charge in [0.15, 0.2) is 14.4 Å². The van der Waals surface area contributed by atoms with Crippen molar-refractivity contribution in [3.8, 4) is 0 Å². The Morgan fingerprint density at radius 2 is 2.11 bits per heavy atom. The molecule has 1 aromatic heterocycles. The molecule has 8 nitrogen and oxygen atoms in total. The van der Waals surface area contributed by atoms with Crippen molar-refractivity contribution in [2.75, 3.05) is 11.5 Å². The van der Waals surface area contributed by atoms with E-state index < -0.39 is 31.3 Å². The van der Waals surface area contributed by atoms with Gasteiger partial charge < -0.3 is 0 Å². The summed E-state index contributed by atoms with van der Waals surface area (Å²) in [4.78, 5) is 0. The lowest BCUT2D eigenvalue weighted by Crippen LogP contribution is -2.41. The number of aryl methyl sites for hydroxylation is 1. The van der Waals surface area contributed by atoms with Crippen molar-refractivity contribution in [2.24, 2.45) is 7.05 Å². The van der Waals surface area contributed by atoms with Crippen LogP contribution < -0.4 is 4.72 Å². The molecule has 1 aliphatic heterocycles. The number of aromatic nitrogens is 3. The third-order valence-corrected chi connectivity index (χ3v) is 7.33. The van der Waals surface area contributed by atoms with Gasteiger partial charge in [0, 0.05) is 7.05 Å². The monoisotopic (exact) mass is 392 g/mol. The summed E-state index contributed by atoms with van der Waals surface area (Å²) >= 11 is 8.83. The van der Waals surface area contributed by atoms with Crippen LogP contribution in [-0.4, -0.2) is 54.8 Å². The second-order valence-electron chi connectivity index (χ2n) is 4.13. The highest BCUT2D eigenvalue weighted by Crippen LogP contribution is 2.22. The van der Waals surface area contributed by atoms with Gasteiger partial charge in [-0.25, -0.2) is 26.2 Å². The lowest BCUT2D eigenvalue weighted by molar-refractivity contribution is 0.545. The first-order valence-corrected chi connectivity index (χ1v) is 9.58. The molecular weight excluding hydrogens is 384 g/mol. The van der Waals surface area contributed by atoms with Crippen molar-refractivity contribution in [1.82, 2.24) is 19.7 Å². The molecule has 0 aliphatic carbocycles. The standard InChI is InChI=1S/C7H10BrClN4O4S2/c1-13-7(6(8)10-12-13)19(16,17)11-5-3-18(14,15)2-4(5)9/h4-5,11H,2-3H2,1H3. The number of sulfonamides is 1. The zero-order valence-electron chi connectivity index (χ0n) is 9.62. The van der Waals surface area contributed by atoms with Gasteiger partial charge in [-0.1, -0.05) is 5.21 Å². The van der Waals surface area contributed by atoms with Crippen molar-refractivity contribution in [1.29, 1.82) is 0 Å². The largest absolute Gasteiger partial charge is 0.260 e. The summed E-state index contributed by atoms with van der Waals surface area (Å²) in [7, 11) is -5.85. The Kier molecular flexibility index (Phi) is 3.95. The Bertz CT molecular complexity index is 681. The van der Waals surface area contributed by atoms with Crippen molar-refractivity contribution in [3.05, 3.63) is 4.60 Å². The van der Waals surface area contributed by atoms with E-state index in [1.54, 1.807) is 0 Å². The normalized spacial score (nSPS) is 26.7. The lowest BCUT2D eigenvalue weighted by atomic mass is 10.3. The molecule has 2 heterocycles. The highest BCUT2D eigenvalue weighted by molar-refractivity contribution is 9.10. The maximum atomic E-state index is 12.2. The van der Waals surface area contributed by atoms with Crippen LogP contribution >= 0.6 is 27.5 Å². The van der Waals surface area contributed by atoms with E-state index in [2.05, 4.69) is 31.0 Å². The molecule has 1 saturated heterocycles. The smallest absolute Gasteiger partial charge is 0.235 e. The molecule has 1 N–H and O–H groups in total. The Labute approximate surface area is 123 Å². The quantitative estimate of drug-likeness (QED) is 0.677. The molecule has 1 aromatic rings. The van der Waals surface area contributed by atoms with Crippen LogP contribution in [0, 0.1) is 0 Å². The zero-order chi connectivity index (χ0) is 14.4. The Balaban J connectivity index is 2.29. The first-order valence-electron chi connectivity index (χ1n) is 5.04. The molecule has 2 atom stereocenters. The Hall–Kier alpha value is -0.230. The number of rotatable bonds is 3. The van der Waals surface area contributed by atoms with Gasteiger partial charge in [-0.05, 0) is 15.9 Å². The molecule has 1 aliphatic rings. The van der Waals surface area contributed by atoms with Crippen LogP contribution in [0.5, 0.6) is 0 Å². The minimum atomic E-state index is -3.95. The van der Waals surface area contributed by atoms with E-state index in [1.807, 2.05) is 0 Å². The summed E-state index contributed by atoms with van der Waals surface area (Å²) < 4.78 is 50.5. The van der Waals surface area contributed by atoms with Gasteiger partial charge >= 0.3 is 0 Å². The molecule has 1 fully saturated rings. The van der Waals surface area contributed by atoms with Crippen molar-refractivity contribution in [2.45, 2.75) is 16.4 Å². The SMILES string of the molecule is Cn1nnc(Br)c1S(=O)(=O)NC1CS(=O)(=O)CC1Cl. The van der Waals surface area contributed by atoms with Gasteiger partial charge in [-0.2, -0.15) is 0 Å². The molecule has 108 valence electrons. The summed E-state index contributed by atoms with van der Waals surface area (Å²) in [6.07, 6.45) is 0. The topological polar surface area (TPSA) is 111 Å². The molecule has 0 aromatic carbocycles. The number of nitrogens with zero attached hydrogens (tertiary/aromatic N) is 3. The molecule has 0 bridgehead atoms. The summed E-state index contributed by atoms with van der Waals surface area (Å²) in [6, 6.07) is -0.863. The van der Waals surface area contributed by atoms with Crippen LogP contribution in [0.3, 0.4) is 0 Å². The highest BCUT2D eigenvalue weighted by Gasteiger charge is 2.40. The minimum Gasteiger partial charge on any atom is -0.235 e. The van der Waals surface area contributed by atoms with Gasteiger partial charge in [0.25, 0.3) is 10.0 Å². The van der Waals surface area contributed by atoms with Gasteiger partial charge in [-0.15, -0.1) is 16.7 Å². The number of hydrogen-bond acceptors (Lipinski definition) is 6. The van der Waals surface area contributed by atoms with Crippen LogP contribution in [-0.2, 0) is 26.9 Å². The van der Waals surface area contributed by atoms with E-state index >= 15 is 0 Å². The second kappa shape index (κ2) is 4.95. The van der Waals surface area contributed by atoms with Gasteiger partial charge in [0.2, 0.25) is 5.03 Å². The van der Waals surface area contributed by atoms with E-state index in [9.17, 15) is 16.8 Å². The van der Waals surface area contributed by atoms with Crippen molar-refractivity contribution >= 4 is 47.4 Å². The third kappa shape index (κ3) is 3.10. The summed E-state index contributed by atoms with van der Waals surface area (Å²) in [5, 5.41) is 6.15. The summed E-state index contributed by atoms with van der Waals surface area (Å²) in [5.74, 6) is -0.560. The number of alkyl halides is 1. The number of sulfone groups is 1. The predicted octanol–water partition coefficient (Wildman–Crippen LogP) is -0.740. The highest BCUT2D eigenvalue weighted by atomic mass is 79.9. The number of halogens is 2. The first-order chi connectivity index (χ1) is 8.62. The van der Waals surface area contributed by atoms with E-state index in [0.717, 1.165) is 4.68 Å². The van der Waals surface area contributed by atoms with Crippen LogP contribution in [0.2, 0.25) is 0 Å². The molecule has 12 heteroatoms. The number of hydrogen-bond donors (Lipinski definition) is 1. The molecule has 19 heavy (non-hydrogen) atoms. The van der Waals surface area contributed by atoms with Crippen LogP contribution in [0.15, 0.2) is 9.63 Å². The minimum absolute atomic E-state index is 0.0504. The predicted molar refractivity (Wildman–Crippen MR) is 71.1 cm³/mol. The molecule has 0 saturated carbocycles. The van der Waals surface area contributed by atoms with Gasteiger partial charge in [0.1, 0.15) is 0 Å². The molecule has 2 rings (SSSR count). The van der Waals surface area contributed by atoms with Gasteiger partial charge in [0.05, 0.1) is 22.9 Å². The maximum absolute atomic E-state index is 12.2. The van der Waals surface area contributed by atoms with Crippen LogP contribution in [0.25, 0.3) is 0 Å². The fourth-order valence-electron chi connectivity index (χ4n) is 1.78. The van der Waals surface area contributed by atoms with Crippen molar-refractivity contribution < 1.29 is 16.8 Å². The summed E-state index contributed by atoms with van der Waals surface area (Å²) in [5.41, 5.74) is 0. The second-order valence-corrected chi connectivity index (χ2v) is 9.22. The van der Waals surface area contributed by atoms with Crippen molar-refractivity contribution in [3.63, 3.8) is 0 Å². The summed E-state index contributed by atoms with van der Waals surface area (Å²) in [6.45, 7) is 0. The van der Waals surface area contributed by atoms with E-state index in [1.165, 1.54) is 7.05 Å². The average molecular weight is 394 g/mol. The molecule has 0 amide bonds. The molecule has 0 radical (unpaired) electrons. The van der Waals surface area contributed by atoms with Crippen LogP contribution in [0.4, 0.5) is 0 Å². The fourth-order valence-corrected chi connectivity index (χ4v) is 6.88. The average Bonchev–Trinajstić information content (AvgIpc) is 2.67. The maximum Gasteiger partial charge on any atom is 0.260 e. The van der Waals surface area contributed by atoms with E-state index in [4.69, 9.17) is 11.6 Å². The first kappa shape index (κ1) is 15.2. The Morgan fingerprint density at radius 1 is 1.47 bits per heavy atom. The fraction of sp³-hybridized carbons (Fsp3) is 0.714. The van der Waals surface area contributed by atoms with E-state index in [-0.39, 0.29) is 21.1 Å². The third-order valence-electron chi connectivity index (χ3n) is 2.58. The molecular formula is C7H10BrClN4O4S2. The zero-order valence-corrected chi connectivity index (χ0v) is 13.6. The molecule has 2 unspecified atom stereocenters. The van der Waals surface area contributed by atoms with E-state index in [0.29, 0.717) is 0 Å². The Morgan fingerprint density at radius 3 is 2.53 bits per heavy atom. The lowest BCUT2D eigenvalue weighted by Gasteiger charge is -2.14. The number of nitrogens with one attached hydrogen (secondary N) is 1. The molecule has 0 spiro atoms. The van der Waals surface area contributed by atoms with Gasteiger partial charge in [-0.3, -0.25) is 0 Å².